The highest BCUT2D eigenvalue weighted by Gasteiger charge is 2.26. The highest BCUT2D eigenvalue weighted by molar-refractivity contribution is 7.90. The van der Waals surface area contributed by atoms with Gasteiger partial charge in [-0.15, -0.1) is 0 Å². The first-order valence-electron chi connectivity index (χ1n) is 6.12. The molecule has 1 heterocycles. The topological polar surface area (TPSA) is 58.2 Å². The fraction of sp³-hybridized carbons (Fsp3) is 0.500. The van der Waals surface area contributed by atoms with E-state index in [0.717, 1.165) is 12.1 Å². The van der Waals surface area contributed by atoms with E-state index in [-0.39, 0.29) is 12.1 Å². The van der Waals surface area contributed by atoms with Gasteiger partial charge in [0.25, 0.3) is 0 Å². The van der Waals surface area contributed by atoms with E-state index in [9.17, 15) is 17.2 Å². The second-order valence-corrected chi connectivity index (χ2v) is 6.60. The summed E-state index contributed by atoms with van der Waals surface area (Å²) in [5.41, 5.74) is 0.138. The van der Waals surface area contributed by atoms with Crippen LogP contribution in [-0.4, -0.2) is 26.8 Å². The number of piperidine rings is 1. The maximum atomic E-state index is 13.4. The van der Waals surface area contributed by atoms with E-state index in [4.69, 9.17) is 0 Å². The average molecular weight is 290 g/mol. The first-order valence-corrected chi connectivity index (χ1v) is 7.67. The zero-order chi connectivity index (χ0) is 13.9. The molecule has 1 fully saturated rings. The molecule has 4 nitrogen and oxygen atoms in total. The van der Waals surface area contributed by atoms with Crippen LogP contribution in [0.2, 0.25) is 0 Å². The predicted octanol–water partition coefficient (Wildman–Crippen LogP) is 1.14. The second-order valence-electron chi connectivity index (χ2n) is 4.55. The molecular formula is C12H16F2N2O2S. The van der Waals surface area contributed by atoms with Crippen LogP contribution in [0.5, 0.6) is 0 Å². The summed E-state index contributed by atoms with van der Waals surface area (Å²) in [5, 5.41) is 2.64. The molecule has 0 bridgehead atoms. The van der Waals surface area contributed by atoms with E-state index in [2.05, 4.69) is 10.0 Å². The number of sulfonamides is 1. The van der Waals surface area contributed by atoms with Crippen LogP contribution in [0.15, 0.2) is 18.2 Å². The van der Waals surface area contributed by atoms with Gasteiger partial charge in [-0.25, -0.2) is 21.9 Å². The summed E-state index contributed by atoms with van der Waals surface area (Å²) in [6.07, 6.45) is 1.09. The number of nitrogens with one attached hydrogen (secondary N) is 2. The number of benzene rings is 1. The van der Waals surface area contributed by atoms with Gasteiger partial charge in [-0.1, -0.05) is 6.07 Å². The molecule has 0 spiro atoms. The summed E-state index contributed by atoms with van der Waals surface area (Å²) >= 11 is 0. The van der Waals surface area contributed by atoms with Crippen LogP contribution in [0, 0.1) is 11.6 Å². The van der Waals surface area contributed by atoms with Gasteiger partial charge in [0.2, 0.25) is 10.0 Å². The molecule has 7 heteroatoms. The quantitative estimate of drug-likeness (QED) is 0.874. The Morgan fingerprint density at radius 1 is 1.26 bits per heavy atom. The molecule has 0 unspecified atom stereocenters. The van der Waals surface area contributed by atoms with Crippen molar-refractivity contribution in [2.45, 2.75) is 24.6 Å². The Morgan fingerprint density at radius 3 is 2.58 bits per heavy atom. The van der Waals surface area contributed by atoms with Crippen molar-refractivity contribution < 1.29 is 17.2 Å². The SMILES string of the molecule is O=S(=O)(NCc1ccc(F)cc1F)C1CCNCC1. The Hall–Kier alpha value is -1.05. The lowest BCUT2D eigenvalue weighted by Gasteiger charge is -2.22. The fourth-order valence-corrected chi connectivity index (χ4v) is 3.52. The minimum atomic E-state index is -3.46. The summed E-state index contributed by atoms with van der Waals surface area (Å²) in [5.74, 6) is -1.42. The molecular weight excluding hydrogens is 274 g/mol. The van der Waals surface area contributed by atoms with E-state index in [0.29, 0.717) is 25.9 Å². The molecule has 1 aromatic rings. The van der Waals surface area contributed by atoms with Crippen LogP contribution >= 0.6 is 0 Å². The highest BCUT2D eigenvalue weighted by Crippen LogP contribution is 2.14. The van der Waals surface area contributed by atoms with E-state index in [1.165, 1.54) is 6.07 Å². The molecule has 0 radical (unpaired) electrons. The smallest absolute Gasteiger partial charge is 0.214 e. The molecule has 1 aliphatic rings. The highest BCUT2D eigenvalue weighted by atomic mass is 32.2. The van der Waals surface area contributed by atoms with Crippen molar-refractivity contribution in [3.63, 3.8) is 0 Å². The molecule has 0 amide bonds. The first-order chi connectivity index (χ1) is 8.99. The lowest BCUT2D eigenvalue weighted by molar-refractivity contribution is 0.488. The van der Waals surface area contributed by atoms with Crippen LogP contribution in [-0.2, 0) is 16.6 Å². The minimum absolute atomic E-state index is 0.138. The largest absolute Gasteiger partial charge is 0.317 e. The van der Waals surface area contributed by atoms with Gasteiger partial charge in [-0.05, 0) is 32.0 Å². The van der Waals surface area contributed by atoms with Gasteiger partial charge in [0, 0.05) is 18.2 Å². The Morgan fingerprint density at radius 2 is 1.95 bits per heavy atom. The van der Waals surface area contributed by atoms with E-state index in [1.807, 2.05) is 0 Å². The summed E-state index contributed by atoms with van der Waals surface area (Å²) in [4.78, 5) is 0. The number of rotatable bonds is 4. The minimum Gasteiger partial charge on any atom is -0.317 e. The molecule has 1 aromatic carbocycles. The molecule has 106 valence electrons. The van der Waals surface area contributed by atoms with Crippen molar-refractivity contribution in [3.05, 3.63) is 35.4 Å². The van der Waals surface area contributed by atoms with Gasteiger partial charge in [0.15, 0.2) is 0 Å². The number of hydrogen-bond acceptors (Lipinski definition) is 3. The molecule has 19 heavy (non-hydrogen) atoms. The van der Waals surface area contributed by atoms with E-state index < -0.39 is 26.9 Å². The van der Waals surface area contributed by atoms with Crippen molar-refractivity contribution >= 4 is 10.0 Å². The second kappa shape index (κ2) is 5.94. The number of hydrogen-bond donors (Lipinski definition) is 2. The third-order valence-corrected chi connectivity index (χ3v) is 5.10. The predicted molar refractivity (Wildman–Crippen MR) is 68.0 cm³/mol. The fourth-order valence-electron chi connectivity index (χ4n) is 2.07. The standard InChI is InChI=1S/C12H16F2N2O2S/c13-10-2-1-9(12(14)7-10)8-16-19(17,18)11-3-5-15-6-4-11/h1-2,7,11,15-16H,3-6,8H2. The Balaban J connectivity index is 2.00. The van der Waals surface area contributed by atoms with Crippen LogP contribution in [0.3, 0.4) is 0 Å². The van der Waals surface area contributed by atoms with Gasteiger partial charge >= 0.3 is 0 Å². The maximum Gasteiger partial charge on any atom is 0.214 e. The van der Waals surface area contributed by atoms with E-state index >= 15 is 0 Å². The molecule has 2 rings (SSSR count). The Bertz CT molecular complexity index is 543. The van der Waals surface area contributed by atoms with Crippen LogP contribution in [0.4, 0.5) is 8.78 Å². The third-order valence-electron chi connectivity index (χ3n) is 3.20. The van der Waals surface area contributed by atoms with Crippen LogP contribution in [0.25, 0.3) is 0 Å². The van der Waals surface area contributed by atoms with Gasteiger partial charge in [-0.3, -0.25) is 0 Å². The summed E-state index contributed by atoms with van der Waals surface area (Å²) in [6, 6.07) is 3.10. The number of halogens is 2. The van der Waals surface area contributed by atoms with Gasteiger partial charge in [-0.2, -0.15) is 0 Å². The van der Waals surface area contributed by atoms with Gasteiger partial charge in [0.05, 0.1) is 5.25 Å². The van der Waals surface area contributed by atoms with Crippen molar-refractivity contribution in [3.8, 4) is 0 Å². The first kappa shape index (κ1) is 14.4. The van der Waals surface area contributed by atoms with Crippen molar-refractivity contribution in [1.82, 2.24) is 10.0 Å². The maximum absolute atomic E-state index is 13.4. The van der Waals surface area contributed by atoms with Crippen LogP contribution in [0.1, 0.15) is 18.4 Å². The molecule has 1 aliphatic heterocycles. The normalized spacial score (nSPS) is 17.6. The summed E-state index contributed by atoms with van der Waals surface area (Å²) in [6.45, 7) is 1.17. The average Bonchev–Trinajstić information content (AvgIpc) is 2.39. The zero-order valence-electron chi connectivity index (χ0n) is 10.3. The van der Waals surface area contributed by atoms with Crippen molar-refractivity contribution in [2.24, 2.45) is 0 Å². The molecule has 2 N–H and O–H groups in total. The van der Waals surface area contributed by atoms with E-state index in [1.54, 1.807) is 0 Å². The van der Waals surface area contributed by atoms with Crippen molar-refractivity contribution in [1.29, 1.82) is 0 Å². The molecule has 0 atom stereocenters. The lowest BCUT2D eigenvalue weighted by Crippen LogP contribution is -2.41. The molecule has 1 saturated heterocycles. The van der Waals surface area contributed by atoms with Gasteiger partial charge in [0.1, 0.15) is 11.6 Å². The summed E-state index contributed by atoms with van der Waals surface area (Å²) < 4.78 is 52.5. The molecule has 0 aromatic heterocycles. The van der Waals surface area contributed by atoms with Gasteiger partial charge < -0.3 is 5.32 Å². The van der Waals surface area contributed by atoms with Crippen LogP contribution < -0.4 is 10.0 Å². The molecule has 0 saturated carbocycles. The lowest BCUT2D eigenvalue weighted by atomic mass is 10.2. The monoisotopic (exact) mass is 290 g/mol. The zero-order valence-corrected chi connectivity index (χ0v) is 11.1. The Labute approximate surface area is 111 Å². The Kier molecular flexibility index (Phi) is 4.49. The third kappa shape index (κ3) is 3.71. The molecule has 0 aliphatic carbocycles. The summed E-state index contributed by atoms with van der Waals surface area (Å²) in [7, 11) is -3.46. The van der Waals surface area contributed by atoms with Crippen molar-refractivity contribution in [2.75, 3.05) is 13.1 Å².